The molecule has 0 radical (unpaired) electrons. The van der Waals surface area contributed by atoms with Crippen molar-refractivity contribution in [2.45, 2.75) is 57.6 Å². The number of aliphatic hydroxyl groups excluding tert-OH is 1. The van der Waals surface area contributed by atoms with Gasteiger partial charge in [-0.05, 0) is 38.5 Å². The minimum Gasteiger partial charge on any atom is -0.435 e. The molecule has 6 heteroatoms. The Morgan fingerprint density at radius 1 is 1.33 bits per heavy atom. The Balaban J connectivity index is 1.53. The summed E-state index contributed by atoms with van der Waals surface area (Å²) in [7, 11) is 0. The zero-order valence-electron chi connectivity index (χ0n) is 14.2. The van der Waals surface area contributed by atoms with Crippen molar-refractivity contribution in [2.75, 3.05) is 19.8 Å². The average Bonchev–Trinajstić information content (AvgIpc) is 3.17. The van der Waals surface area contributed by atoms with Crippen LogP contribution in [-0.4, -0.2) is 52.8 Å². The number of carbonyl (C=O) groups excluding carboxylic acids is 1. The van der Waals surface area contributed by atoms with Gasteiger partial charge in [-0.1, -0.05) is 6.42 Å². The van der Waals surface area contributed by atoms with Crippen molar-refractivity contribution >= 4 is 5.91 Å². The molecule has 4 rings (SSSR count). The zero-order chi connectivity index (χ0) is 16.7. The van der Waals surface area contributed by atoms with Gasteiger partial charge in [0.15, 0.2) is 5.89 Å². The molecule has 0 aromatic carbocycles. The van der Waals surface area contributed by atoms with Gasteiger partial charge in [0.25, 0.3) is 5.91 Å². The number of rotatable bonds is 4. The van der Waals surface area contributed by atoms with E-state index in [0.717, 1.165) is 25.7 Å². The maximum Gasteiger partial charge on any atom is 0.291 e. The van der Waals surface area contributed by atoms with E-state index in [9.17, 15) is 9.90 Å². The van der Waals surface area contributed by atoms with Crippen molar-refractivity contribution in [3.05, 3.63) is 17.3 Å². The fourth-order valence-corrected chi connectivity index (χ4v) is 4.09. The molecule has 0 bridgehead atoms. The third-order valence-electron chi connectivity index (χ3n) is 5.65. The predicted octanol–water partition coefficient (Wildman–Crippen LogP) is 1.94. The lowest BCUT2D eigenvalue weighted by Crippen LogP contribution is -2.53. The third-order valence-corrected chi connectivity index (χ3v) is 5.65. The number of aliphatic hydroxyl groups is 1. The highest BCUT2D eigenvalue weighted by molar-refractivity contribution is 5.92. The largest absolute Gasteiger partial charge is 0.435 e. The van der Waals surface area contributed by atoms with Gasteiger partial charge < -0.3 is 19.2 Å². The van der Waals surface area contributed by atoms with Crippen LogP contribution in [0.5, 0.6) is 0 Å². The van der Waals surface area contributed by atoms with E-state index < -0.39 is 0 Å². The summed E-state index contributed by atoms with van der Waals surface area (Å²) in [6.45, 7) is 3.42. The van der Waals surface area contributed by atoms with Gasteiger partial charge in [0, 0.05) is 18.9 Å². The molecule has 132 valence electrons. The molecule has 1 N–H and O–H groups in total. The quantitative estimate of drug-likeness (QED) is 0.911. The summed E-state index contributed by atoms with van der Waals surface area (Å²) in [5, 5.41) is 10.2. The summed E-state index contributed by atoms with van der Waals surface area (Å²) in [6.07, 6.45) is 5.73. The van der Waals surface area contributed by atoms with Gasteiger partial charge in [-0.15, -0.1) is 0 Å². The molecule has 3 atom stereocenters. The first-order chi connectivity index (χ1) is 11.6. The van der Waals surface area contributed by atoms with Crippen LogP contribution in [0.25, 0.3) is 0 Å². The van der Waals surface area contributed by atoms with Gasteiger partial charge in [-0.25, -0.2) is 4.98 Å². The highest BCUT2D eigenvalue weighted by atomic mass is 16.5. The Hall–Kier alpha value is -1.40. The first kappa shape index (κ1) is 16.1. The molecule has 1 saturated heterocycles. The second-order valence-corrected chi connectivity index (χ2v) is 7.47. The summed E-state index contributed by atoms with van der Waals surface area (Å²) in [5.41, 5.74) is 0.674. The number of aromatic nitrogens is 1. The molecule has 2 saturated carbocycles. The molecular weight excluding hydrogens is 308 g/mol. The minimum absolute atomic E-state index is 0.0693. The van der Waals surface area contributed by atoms with Gasteiger partial charge >= 0.3 is 0 Å². The number of hydrogen-bond donors (Lipinski definition) is 1. The average molecular weight is 334 g/mol. The number of morpholine rings is 1. The molecule has 6 nitrogen and oxygen atoms in total. The SMILES string of the molecule is Cc1nc(CC2CC2)oc1C(=O)N1CCOCC1C1CCCC1O. The van der Waals surface area contributed by atoms with Crippen molar-refractivity contribution in [2.24, 2.45) is 11.8 Å². The lowest BCUT2D eigenvalue weighted by atomic mass is 9.94. The third kappa shape index (κ3) is 3.09. The molecule has 1 aromatic rings. The van der Waals surface area contributed by atoms with Gasteiger partial charge in [0.2, 0.25) is 5.76 Å². The number of aryl methyl sites for hydroxylation is 1. The van der Waals surface area contributed by atoms with E-state index in [2.05, 4.69) is 4.98 Å². The van der Waals surface area contributed by atoms with E-state index >= 15 is 0 Å². The lowest BCUT2D eigenvalue weighted by molar-refractivity contribution is -0.0394. The molecule has 1 amide bonds. The van der Waals surface area contributed by atoms with Crippen molar-refractivity contribution in [3.8, 4) is 0 Å². The van der Waals surface area contributed by atoms with E-state index in [1.807, 2.05) is 11.8 Å². The predicted molar refractivity (Wildman–Crippen MR) is 86.7 cm³/mol. The number of oxazole rings is 1. The van der Waals surface area contributed by atoms with Gasteiger partial charge in [-0.3, -0.25) is 4.79 Å². The maximum atomic E-state index is 13.1. The van der Waals surface area contributed by atoms with Crippen LogP contribution in [0.1, 0.15) is 54.2 Å². The summed E-state index contributed by atoms with van der Waals surface area (Å²) in [6, 6.07) is -0.0693. The summed E-state index contributed by atoms with van der Waals surface area (Å²) in [4.78, 5) is 19.4. The first-order valence-corrected chi connectivity index (χ1v) is 9.16. The highest BCUT2D eigenvalue weighted by Gasteiger charge is 2.41. The number of amides is 1. The fourth-order valence-electron chi connectivity index (χ4n) is 4.09. The Labute approximate surface area is 142 Å². The number of carbonyl (C=O) groups is 1. The second-order valence-electron chi connectivity index (χ2n) is 7.47. The molecule has 3 fully saturated rings. The highest BCUT2D eigenvalue weighted by Crippen LogP contribution is 2.34. The first-order valence-electron chi connectivity index (χ1n) is 9.16. The number of ether oxygens (including phenoxy) is 1. The van der Waals surface area contributed by atoms with E-state index in [-0.39, 0.29) is 24.0 Å². The Kier molecular flexibility index (Phi) is 4.35. The molecule has 1 aromatic heterocycles. The van der Waals surface area contributed by atoms with Crippen LogP contribution in [0, 0.1) is 18.8 Å². The maximum absolute atomic E-state index is 13.1. The molecule has 3 unspecified atom stereocenters. The molecule has 2 heterocycles. The standard InChI is InChI=1S/C18H26N2O4/c1-11-17(24-16(19-11)9-12-5-6-12)18(22)20-7-8-23-10-14(20)13-3-2-4-15(13)21/h12-15,21H,2-10H2,1H3. The molecule has 2 aliphatic carbocycles. The smallest absolute Gasteiger partial charge is 0.291 e. The van der Waals surface area contributed by atoms with E-state index in [1.54, 1.807) is 0 Å². The monoisotopic (exact) mass is 334 g/mol. The Morgan fingerprint density at radius 2 is 2.17 bits per heavy atom. The number of hydrogen-bond acceptors (Lipinski definition) is 5. The van der Waals surface area contributed by atoms with Crippen LogP contribution in [-0.2, 0) is 11.2 Å². The summed E-state index contributed by atoms with van der Waals surface area (Å²) < 4.78 is 11.4. The van der Waals surface area contributed by atoms with Crippen molar-refractivity contribution in [1.82, 2.24) is 9.88 Å². The van der Waals surface area contributed by atoms with Gasteiger partial charge in [-0.2, -0.15) is 0 Å². The van der Waals surface area contributed by atoms with Gasteiger partial charge in [0.05, 0.1) is 31.1 Å². The Morgan fingerprint density at radius 3 is 2.88 bits per heavy atom. The van der Waals surface area contributed by atoms with Crippen LogP contribution < -0.4 is 0 Å². The van der Waals surface area contributed by atoms with Crippen LogP contribution in [0.15, 0.2) is 4.42 Å². The van der Waals surface area contributed by atoms with E-state index in [4.69, 9.17) is 9.15 Å². The molecular formula is C18H26N2O4. The second kappa shape index (κ2) is 6.48. The van der Waals surface area contributed by atoms with E-state index in [1.165, 1.54) is 12.8 Å². The van der Waals surface area contributed by atoms with E-state index in [0.29, 0.717) is 43.0 Å². The lowest BCUT2D eigenvalue weighted by Gasteiger charge is -2.39. The Bertz CT molecular complexity index is 610. The molecule has 0 spiro atoms. The summed E-state index contributed by atoms with van der Waals surface area (Å²) >= 11 is 0. The van der Waals surface area contributed by atoms with Crippen molar-refractivity contribution in [3.63, 3.8) is 0 Å². The number of nitrogens with zero attached hydrogens (tertiary/aromatic N) is 2. The van der Waals surface area contributed by atoms with Crippen LogP contribution in [0.4, 0.5) is 0 Å². The van der Waals surface area contributed by atoms with Crippen LogP contribution >= 0.6 is 0 Å². The molecule has 24 heavy (non-hydrogen) atoms. The molecule has 3 aliphatic rings. The van der Waals surface area contributed by atoms with Gasteiger partial charge in [0.1, 0.15) is 0 Å². The molecule has 1 aliphatic heterocycles. The fraction of sp³-hybridized carbons (Fsp3) is 0.778. The normalized spacial score (nSPS) is 30.8. The van der Waals surface area contributed by atoms with Crippen molar-refractivity contribution < 1.29 is 19.1 Å². The minimum atomic E-state index is -0.340. The topological polar surface area (TPSA) is 75.8 Å². The van der Waals surface area contributed by atoms with Crippen LogP contribution in [0.3, 0.4) is 0 Å². The van der Waals surface area contributed by atoms with Crippen molar-refractivity contribution in [1.29, 1.82) is 0 Å². The summed E-state index contributed by atoms with van der Waals surface area (Å²) in [5.74, 6) is 1.72. The van der Waals surface area contributed by atoms with Crippen LogP contribution in [0.2, 0.25) is 0 Å². The zero-order valence-corrected chi connectivity index (χ0v) is 14.2.